The van der Waals surface area contributed by atoms with Gasteiger partial charge in [0.2, 0.25) is 0 Å². The van der Waals surface area contributed by atoms with Crippen molar-refractivity contribution >= 4 is 23.1 Å². The number of aromatic nitrogens is 2. The van der Waals surface area contributed by atoms with E-state index in [9.17, 15) is 4.79 Å². The molecular weight excluding hydrogens is 356 g/mol. The van der Waals surface area contributed by atoms with E-state index in [1.165, 1.54) is 7.11 Å². The van der Waals surface area contributed by atoms with Gasteiger partial charge in [0.25, 0.3) is 5.91 Å². The Hall–Kier alpha value is -3.61. The van der Waals surface area contributed by atoms with E-state index in [-0.39, 0.29) is 11.6 Å². The van der Waals surface area contributed by atoms with Crippen LogP contribution in [0.25, 0.3) is 0 Å². The number of ether oxygens (including phenoxy) is 2. The first-order valence-electron chi connectivity index (χ1n) is 8.86. The molecule has 0 radical (unpaired) electrons. The van der Waals surface area contributed by atoms with Crippen molar-refractivity contribution < 1.29 is 14.3 Å². The summed E-state index contributed by atoms with van der Waals surface area (Å²) in [5.74, 6) is 1.43. The summed E-state index contributed by atoms with van der Waals surface area (Å²) < 4.78 is 10.5. The molecule has 3 rings (SSSR count). The number of hydrogen-bond donors (Lipinski definition) is 1. The van der Waals surface area contributed by atoms with Gasteiger partial charge in [-0.2, -0.15) is 0 Å². The van der Waals surface area contributed by atoms with E-state index >= 15 is 0 Å². The van der Waals surface area contributed by atoms with Crippen molar-refractivity contribution in [2.45, 2.75) is 6.92 Å². The zero-order valence-electron chi connectivity index (χ0n) is 16.0. The minimum Gasteiger partial charge on any atom is -0.497 e. The second-order valence-corrected chi connectivity index (χ2v) is 5.88. The van der Waals surface area contributed by atoms with Crippen molar-refractivity contribution in [2.24, 2.45) is 0 Å². The van der Waals surface area contributed by atoms with Crippen LogP contribution in [-0.4, -0.2) is 36.9 Å². The van der Waals surface area contributed by atoms with Gasteiger partial charge in [-0.1, -0.05) is 18.2 Å². The predicted molar refractivity (Wildman–Crippen MR) is 109 cm³/mol. The summed E-state index contributed by atoms with van der Waals surface area (Å²) in [5, 5.41) is 11.1. The third-order valence-corrected chi connectivity index (χ3v) is 4.20. The molecule has 0 bridgehead atoms. The minimum absolute atomic E-state index is 0.206. The smallest absolute Gasteiger partial charge is 0.276 e. The first-order valence-corrected chi connectivity index (χ1v) is 8.86. The van der Waals surface area contributed by atoms with Gasteiger partial charge in [-0.3, -0.25) is 4.79 Å². The largest absolute Gasteiger partial charge is 0.497 e. The van der Waals surface area contributed by atoms with E-state index in [0.717, 1.165) is 12.2 Å². The SMILES string of the molecule is CCN(c1ccccc1)c1ccc(C(=O)Nc2cc(OC)ccc2OC)nn1. The topological polar surface area (TPSA) is 76.6 Å². The molecule has 3 aromatic rings. The molecule has 0 saturated heterocycles. The van der Waals surface area contributed by atoms with E-state index in [4.69, 9.17) is 9.47 Å². The third-order valence-electron chi connectivity index (χ3n) is 4.20. The molecule has 7 nitrogen and oxygen atoms in total. The van der Waals surface area contributed by atoms with Crippen molar-refractivity contribution in [1.29, 1.82) is 0 Å². The minimum atomic E-state index is -0.381. The number of nitrogens with one attached hydrogen (secondary N) is 1. The second kappa shape index (κ2) is 8.85. The van der Waals surface area contributed by atoms with Crippen LogP contribution in [0.15, 0.2) is 60.7 Å². The lowest BCUT2D eigenvalue weighted by molar-refractivity contribution is 0.102. The first kappa shape index (κ1) is 19.2. The summed E-state index contributed by atoms with van der Waals surface area (Å²) in [7, 11) is 3.10. The lowest BCUT2D eigenvalue weighted by Crippen LogP contribution is -2.20. The zero-order valence-corrected chi connectivity index (χ0v) is 16.0. The number of para-hydroxylation sites is 1. The van der Waals surface area contributed by atoms with Crippen LogP contribution >= 0.6 is 0 Å². The van der Waals surface area contributed by atoms with Crippen LogP contribution in [0.3, 0.4) is 0 Å². The number of carbonyl (C=O) groups excluding carboxylic acids is 1. The van der Waals surface area contributed by atoms with Gasteiger partial charge in [0.15, 0.2) is 11.5 Å². The number of rotatable bonds is 7. The van der Waals surface area contributed by atoms with Crippen LogP contribution in [0.2, 0.25) is 0 Å². The van der Waals surface area contributed by atoms with E-state index in [1.54, 1.807) is 37.4 Å². The lowest BCUT2D eigenvalue weighted by Gasteiger charge is -2.21. The average Bonchev–Trinajstić information content (AvgIpc) is 2.75. The van der Waals surface area contributed by atoms with E-state index in [0.29, 0.717) is 23.0 Å². The number of anilines is 3. The Balaban J connectivity index is 1.79. The van der Waals surface area contributed by atoms with Gasteiger partial charge < -0.3 is 19.7 Å². The molecular formula is C21H22N4O3. The number of nitrogens with zero attached hydrogens (tertiary/aromatic N) is 3. The zero-order chi connectivity index (χ0) is 19.9. The van der Waals surface area contributed by atoms with Crippen molar-refractivity contribution in [1.82, 2.24) is 10.2 Å². The van der Waals surface area contributed by atoms with Gasteiger partial charge in [-0.25, -0.2) is 0 Å². The molecule has 1 aromatic heterocycles. The summed E-state index contributed by atoms with van der Waals surface area (Å²) in [6.07, 6.45) is 0. The summed E-state index contributed by atoms with van der Waals surface area (Å²) >= 11 is 0. The van der Waals surface area contributed by atoms with Gasteiger partial charge in [0.1, 0.15) is 11.5 Å². The highest BCUT2D eigenvalue weighted by molar-refractivity contribution is 6.03. The van der Waals surface area contributed by atoms with Crippen molar-refractivity contribution in [3.8, 4) is 11.5 Å². The van der Waals surface area contributed by atoms with Crippen LogP contribution in [0.1, 0.15) is 17.4 Å². The molecule has 0 atom stereocenters. The van der Waals surface area contributed by atoms with Crippen LogP contribution in [0.4, 0.5) is 17.2 Å². The fraction of sp³-hybridized carbons (Fsp3) is 0.190. The van der Waals surface area contributed by atoms with E-state index < -0.39 is 0 Å². The predicted octanol–water partition coefficient (Wildman–Crippen LogP) is 3.90. The quantitative estimate of drug-likeness (QED) is 0.672. The van der Waals surface area contributed by atoms with E-state index in [2.05, 4.69) is 15.5 Å². The molecule has 144 valence electrons. The maximum Gasteiger partial charge on any atom is 0.276 e. The fourth-order valence-electron chi connectivity index (χ4n) is 2.77. The molecule has 0 aliphatic carbocycles. The molecule has 1 N–H and O–H groups in total. The van der Waals surface area contributed by atoms with Gasteiger partial charge in [-0.15, -0.1) is 10.2 Å². The lowest BCUT2D eigenvalue weighted by atomic mass is 10.2. The van der Waals surface area contributed by atoms with Crippen LogP contribution < -0.4 is 19.7 Å². The van der Waals surface area contributed by atoms with Gasteiger partial charge in [-0.05, 0) is 43.3 Å². The van der Waals surface area contributed by atoms with Crippen molar-refractivity contribution in [3.63, 3.8) is 0 Å². The Bertz CT molecular complexity index is 930. The summed E-state index contributed by atoms with van der Waals surface area (Å²) in [6, 6.07) is 18.5. The Kier molecular flexibility index (Phi) is 6.06. The summed E-state index contributed by atoms with van der Waals surface area (Å²) in [5.41, 5.74) is 1.72. The molecule has 28 heavy (non-hydrogen) atoms. The molecule has 0 aliphatic rings. The highest BCUT2D eigenvalue weighted by Crippen LogP contribution is 2.29. The Morgan fingerprint density at radius 2 is 1.79 bits per heavy atom. The van der Waals surface area contributed by atoms with Gasteiger partial charge in [0, 0.05) is 18.3 Å². The summed E-state index contributed by atoms with van der Waals surface area (Å²) in [6.45, 7) is 2.76. The fourth-order valence-corrected chi connectivity index (χ4v) is 2.77. The molecule has 2 aromatic carbocycles. The number of benzene rings is 2. The molecule has 0 saturated carbocycles. The monoisotopic (exact) mass is 378 g/mol. The maximum absolute atomic E-state index is 12.6. The van der Waals surface area contributed by atoms with Crippen LogP contribution in [-0.2, 0) is 0 Å². The van der Waals surface area contributed by atoms with Gasteiger partial charge in [0.05, 0.1) is 19.9 Å². The maximum atomic E-state index is 12.6. The molecule has 0 aliphatic heterocycles. The van der Waals surface area contributed by atoms with Gasteiger partial charge >= 0.3 is 0 Å². The Morgan fingerprint density at radius 1 is 1.00 bits per heavy atom. The van der Waals surface area contributed by atoms with Crippen molar-refractivity contribution in [2.75, 3.05) is 31.0 Å². The number of hydrogen-bond acceptors (Lipinski definition) is 6. The number of carbonyl (C=O) groups is 1. The highest BCUT2D eigenvalue weighted by atomic mass is 16.5. The average molecular weight is 378 g/mol. The third kappa shape index (κ3) is 4.20. The van der Waals surface area contributed by atoms with E-state index in [1.807, 2.05) is 42.2 Å². The first-order chi connectivity index (χ1) is 13.7. The van der Waals surface area contributed by atoms with Crippen LogP contribution in [0.5, 0.6) is 11.5 Å². The molecule has 0 spiro atoms. The molecule has 0 fully saturated rings. The number of amides is 1. The Morgan fingerprint density at radius 3 is 2.39 bits per heavy atom. The molecule has 7 heteroatoms. The molecule has 0 unspecified atom stereocenters. The summed E-state index contributed by atoms with van der Waals surface area (Å²) in [4.78, 5) is 14.6. The number of methoxy groups -OCH3 is 2. The highest BCUT2D eigenvalue weighted by Gasteiger charge is 2.14. The Labute approximate surface area is 163 Å². The van der Waals surface area contributed by atoms with Crippen molar-refractivity contribution in [3.05, 3.63) is 66.4 Å². The standard InChI is InChI=1S/C21H22N4O3/c1-4-25(15-8-6-5-7-9-15)20-13-11-17(23-24-20)21(26)22-18-14-16(27-2)10-12-19(18)28-3/h5-14H,4H2,1-3H3,(H,22,26). The second-order valence-electron chi connectivity index (χ2n) is 5.88. The molecule has 1 heterocycles. The normalized spacial score (nSPS) is 10.2. The molecule has 1 amide bonds. The van der Waals surface area contributed by atoms with Crippen LogP contribution in [0, 0.1) is 0 Å².